The molecule has 0 amide bonds. The zero-order chi connectivity index (χ0) is 11.6. The molecule has 0 radical (unpaired) electrons. The lowest BCUT2D eigenvalue weighted by Crippen LogP contribution is -2.36. The molecule has 0 saturated carbocycles. The molecule has 3 heteroatoms. The van der Waals surface area contributed by atoms with Gasteiger partial charge in [0.1, 0.15) is 0 Å². The fourth-order valence-electron chi connectivity index (χ4n) is 1.18. The van der Waals surface area contributed by atoms with Crippen molar-refractivity contribution in [2.24, 2.45) is 11.1 Å². The highest BCUT2D eigenvalue weighted by Crippen LogP contribution is 2.24. The van der Waals surface area contributed by atoms with Crippen LogP contribution < -0.4 is 5.73 Å². The summed E-state index contributed by atoms with van der Waals surface area (Å²) in [5.74, 6) is 0.515. The van der Waals surface area contributed by atoms with Crippen LogP contribution in [0.5, 0.6) is 0 Å². The summed E-state index contributed by atoms with van der Waals surface area (Å²) >= 11 is 1.73. The van der Waals surface area contributed by atoms with Crippen molar-refractivity contribution >= 4 is 11.3 Å². The Labute approximate surface area is 96.9 Å². The Hall–Kier alpha value is -0.410. The molecule has 0 spiro atoms. The second-order valence-electron chi connectivity index (χ2n) is 5.50. The molecule has 15 heavy (non-hydrogen) atoms. The molecule has 0 saturated heterocycles. The van der Waals surface area contributed by atoms with E-state index in [1.165, 1.54) is 10.7 Å². The Morgan fingerprint density at radius 1 is 1.40 bits per heavy atom. The number of nitrogens with zero attached hydrogens (tertiary/aromatic N) is 1. The second-order valence-corrected chi connectivity index (χ2v) is 6.44. The first-order valence-corrected chi connectivity index (χ1v) is 6.38. The van der Waals surface area contributed by atoms with E-state index in [2.05, 4.69) is 45.0 Å². The topological polar surface area (TPSA) is 38.9 Å². The molecule has 86 valence electrons. The van der Waals surface area contributed by atoms with Crippen molar-refractivity contribution < 1.29 is 0 Å². The summed E-state index contributed by atoms with van der Waals surface area (Å²) in [7, 11) is 0. The molecule has 1 heterocycles. The summed E-state index contributed by atoms with van der Waals surface area (Å²) in [6.45, 7) is 10.9. The number of hydrogen-bond acceptors (Lipinski definition) is 3. The fourth-order valence-corrected chi connectivity index (χ4v) is 2.19. The van der Waals surface area contributed by atoms with Crippen LogP contribution in [-0.2, 0) is 6.42 Å². The summed E-state index contributed by atoms with van der Waals surface area (Å²) in [4.78, 5) is 4.60. The van der Waals surface area contributed by atoms with E-state index in [9.17, 15) is 0 Å². The fraction of sp³-hybridized carbons (Fsp3) is 0.750. The van der Waals surface area contributed by atoms with Crippen LogP contribution in [0.1, 0.15) is 51.2 Å². The van der Waals surface area contributed by atoms with Crippen LogP contribution in [0.2, 0.25) is 0 Å². The Morgan fingerprint density at radius 2 is 2.00 bits per heavy atom. The van der Waals surface area contributed by atoms with Gasteiger partial charge in [-0.2, -0.15) is 0 Å². The van der Waals surface area contributed by atoms with E-state index in [1.54, 1.807) is 11.3 Å². The van der Waals surface area contributed by atoms with Crippen LogP contribution in [0.25, 0.3) is 0 Å². The molecular weight excluding hydrogens is 204 g/mol. The van der Waals surface area contributed by atoms with Gasteiger partial charge in [0.05, 0.1) is 10.7 Å². The number of rotatable bonds is 3. The molecule has 1 unspecified atom stereocenters. The molecule has 0 aliphatic carbocycles. The van der Waals surface area contributed by atoms with E-state index >= 15 is 0 Å². The monoisotopic (exact) mass is 226 g/mol. The van der Waals surface area contributed by atoms with Crippen molar-refractivity contribution in [2.45, 2.75) is 53.0 Å². The number of aromatic nitrogens is 1. The van der Waals surface area contributed by atoms with Crippen molar-refractivity contribution in [1.29, 1.82) is 0 Å². The van der Waals surface area contributed by atoms with Crippen LogP contribution in [-0.4, -0.2) is 11.0 Å². The Bertz CT molecular complexity index is 310. The molecule has 2 nitrogen and oxygen atoms in total. The lowest BCUT2D eigenvalue weighted by molar-refractivity contribution is 0.318. The summed E-state index contributed by atoms with van der Waals surface area (Å²) in [6, 6.07) is 0.184. The SMILES string of the molecule is CC(C)c1csc(CC(N)C(C)(C)C)n1. The molecule has 1 atom stereocenters. The number of nitrogens with two attached hydrogens (primary N) is 1. The molecule has 1 aromatic heterocycles. The smallest absolute Gasteiger partial charge is 0.0944 e. The minimum Gasteiger partial charge on any atom is -0.327 e. The van der Waals surface area contributed by atoms with Crippen LogP contribution >= 0.6 is 11.3 Å². The predicted molar refractivity (Wildman–Crippen MR) is 67.3 cm³/mol. The van der Waals surface area contributed by atoms with E-state index < -0.39 is 0 Å². The summed E-state index contributed by atoms with van der Waals surface area (Å²) in [5.41, 5.74) is 7.48. The maximum Gasteiger partial charge on any atom is 0.0944 e. The third kappa shape index (κ3) is 3.58. The Balaban J connectivity index is 2.65. The highest BCUT2D eigenvalue weighted by atomic mass is 32.1. The maximum absolute atomic E-state index is 6.13. The quantitative estimate of drug-likeness (QED) is 0.859. The minimum absolute atomic E-state index is 0.156. The maximum atomic E-state index is 6.13. The molecule has 0 aliphatic heterocycles. The van der Waals surface area contributed by atoms with E-state index in [0.29, 0.717) is 5.92 Å². The van der Waals surface area contributed by atoms with Crippen LogP contribution in [0, 0.1) is 5.41 Å². The molecule has 0 bridgehead atoms. The van der Waals surface area contributed by atoms with Gasteiger partial charge < -0.3 is 5.73 Å². The van der Waals surface area contributed by atoms with Crippen LogP contribution in [0.15, 0.2) is 5.38 Å². The third-order valence-electron chi connectivity index (χ3n) is 2.67. The van der Waals surface area contributed by atoms with Gasteiger partial charge in [0.2, 0.25) is 0 Å². The van der Waals surface area contributed by atoms with Crippen molar-refractivity contribution in [2.75, 3.05) is 0 Å². The third-order valence-corrected chi connectivity index (χ3v) is 3.56. The average molecular weight is 226 g/mol. The van der Waals surface area contributed by atoms with Crippen molar-refractivity contribution in [3.8, 4) is 0 Å². The van der Waals surface area contributed by atoms with Gasteiger partial charge in [-0.25, -0.2) is 4.98 Å². The van der Waals surface area contributed by atoms with E-state index in [0.717, 1.165) is 6.42 Å². The first kappa shape index (κ1) is 12.7. The van der Waals surface area contributed by atoms with Gasteiger partial charge in [-0.3, -0.25) is 0 Å². The van der Waals surface area contributed by atoms with Crippen LogP contribution in [0.4, 0.5) is 0 Å². The lowest BCUT2D eigenvalue weighted by Gasteiger charge is -2.26. The largest absolute Gasteiger partial charge is 0.327 e. The first-order valence-electron chi connectivity index (χ1n) is 5.50. The standard InChI is InChI=1S/C12H22N2S/c1-8(2)9-7-15-11(14-9)6-10(13)12(3,4)5/h7-8,10H,6,13H2,1-5H3. The van der Waals surface area contributed by atoms with Crippen molar-refractivity contribution in [3.63, 3.8) is 0 Å². The Kier molecular flexibility index (Phi) is 3.90. The van der Waals surface area contributed by atoms with Gasteiger partial charge in [0, 0.05) is 17.8 Å². The van der Waals surface area contributed by atoms with E-state index in [4.69, 9.17) is 5.73 Å². The summed E-state index contributed by atoms with van der Waals surface area (Å²) in [6.07, 6.45) is 0.890. The zero-order valence-corrected chi connectivity index (χ0v) is 11.2. The minimum atomic E-state index is 0.156. The van der Waals surface area contributed by atoms with E-state index in [1.807, 2.05) is 0 Å². The molecule has 1 aromatic rings. The highest BCUT2D eigenvalue weighted by Gasteiger charge is 2.22. The Morgan fingerprint density at radius 3 is 2.40 bits per heavy atom. The van der Waals surface area contributed by atoms with Crippen LogP contribution in [0.3, 0.4) is 0 Å². The molecule has 0 fully saturated rings. The second kappa shape index (κ2) is 4.62. The van der Waals surface area contributed by atoms with Gasteiger partial charge >= 0.3 is 0 Å². The predicted octanol–water partition coefficient (Wildman–Crippen LogP) is 3.18. The van der Waals surface area contributed by atoms with Gasteiger partial charge in [-0.05, 0) is 11.3 Å². The van der Waals surface area contributed by atoms with Gasteiger partial charge in [-0.1, -0.05) is 34.6 Å². The average Bonchev–Trinajstić information content (AvgIpc) is 2.50. The summed E-state index contributed by atoms with van der Waals surface area (Å²) in [5, 5.41) is 3.32. The van der Waals surface area contributed by atoms with Gasteiger partial charge in [0.15, 0.2) is 0 Å². The molecule has 0 aromatic carbocycles. The number of thiazole rings is 1. The molecule has 2 N–H and O–H groups in total. The van der Waals surface area contributed by atoms with Crippen molar-refractivity contribution in [1.82, 2.24) is 4.98 Å². The first-order chi connectivity index (χ1) is 6.80. The van der Waals surface area contributed by atoms with E-state index in [-0.39, 0.29) is 11.5 Å². The van der Waals surface area contributed by atoms with Crippen molar-refractivity contribution in [3.05, 3.63) is 16.1 Å². The van der Waals surface area contributed by atoms with Gasteiger partial charge in [-0.15, -0.1) is 11.3 Å². The highest BCUT2D eigenvalue weighted by molar-refractivity contribution is 7.09. The zero-order valence-electron chi connectivity index (χ0n) is 10.4. The molecule has 0 aliphatic rings. The summed E-state index contributed by atoms with van der Waals surface area (Å²) < 4.78 is 0. The molecule has 1 rings (SSSR count). The number of hydrogen-bond donors (Lipinski definition) is 1. The molecular formula is C12H22N2S. The normalized spacial score (nSPS) is 14.6. The van der Waals surface area contributed by atoms with Gasteiger partial charge in [0.25, 0.3) is 0 Å². The lowest BCUT2D eigenvalue weighted by atomic mass is 9.86.